The molecule has 1 unspecified atom stereocenters. The van der Waals surface area contributed by atoms with Gasteiger partial charge in [0.1, 0.15) is 6.04 Å². The molecule has 0 bridgehead atoms. The number of carbonyl (C=O) groups excluding carboxylic acids is 1. The summed E-state index contributed by atoms with van der Waals surface area (Å²) in [5, 5.41) is 8.66. The second-order valence-corrected chi connectivity index (χ2v) is 5.38. The predicted octanol–water partition coefficient (Wildman–Crippen LogP) is 1.18. The summed E-state index contributed by atoms with van der Waals surface area (Å²) in [6.45, 7) is 3.12. The predicted molar refractivity (Wildman–Crippen MR) is 80.5 cm³/mol. The van der Waals surface area contributed by atoms with Crippen molar-refractivity contribution < 1.29 is 14.7 Å². The summed E-state index contributed by atoms with van der Waals surface area (Å²) in [5.74, 6) is -0.549. The third-order valence-corrected chi connectivity index (χ3v) is 3.84. The average Bonchev–Trinajstić information content (AvgIpc) is 2.45. The van der Waals surface area contributed by atoms with Crippen LogP contribution in [0, 0.1) is 0 Å². The molecule has 110 valence electrons. The Kier molecular flexibility index (Phi) is 7.11. The van der Waals surface area contributed by atoms with Gasteiger partial charge in [0.15, 0.2) is 0 Å². The summed E-state index contributed by atoms with van der Waals surface area (Å²) in [6, 6.07) is 8.84. The summed E-state index contributed by atoms with van der Waals surface area (Å²) < 4.78 is 0. The number of amides is 1. The summed E-state index contributed by atoms with van der Waals surface area (Å²) in [5.41, 5.74) is 6.47. The third-order valence-electron chi connectivity index (χ3n) is 2.79. The fraction of sp³-hybridized carbons (Fsp3) is 0.429. The quantitative estimate of drug-likeness (QED) is 0.752. The number of rotatable bonds is 8. The molecule has 0 aliphatic rings. The van der Waals surface area contributed by atoms with Crippen LogP contribution >= 0.6 is 11.8 Å². The molecule has 0 aromatic heterocycles. The largest absolute Gasteiger partial charge is 0.480 e. The lowest BCUT2D eigenvalue weighted by Gasteiger charge is -2.21. The lowest BCUT2D eigenvalue weighted by molar-refractivity contribution is -0.138. The highest BCUT2D eigenvalue weighted by Gasteiger charge is 2.15. The van der Waals surface area contributed by atoms with Gasteiger partial charge in [-0.1, -0.05) is 30.3 Å². The Labute approximate surface area is 123 Å². The molecule has 0 heterocycles. The molecule has 0 fully saturated rings. The van der Waals surface area contributed by atoms with E-state index in [4.69, 9.17) is 10.8 Å². The van der Waals surface area contributed by atoms with Gasteiger partial charge in [0.05, 0.1) is 5.75 Å². The molecule has 5 nitrogen and oxygen atoms in total. The van der Waals surface area contributed by atoms with Crippen molar-refractivity contribution in [1.82, 2.24) is 4.90 Å². The highest BCUT2D eigenvalue weighted by molar-refractivity contribution is 8.00. The number of hydrogen-bond acceptors (Lipinski definition) is 4. The standard InChI is InChI=1S/C14H20N2O3S/c1-2-16(8-11-6-4-3-5-7-11)13(17)10-20-9-12(15)14(18)19/h3-7,12H,2,8-10,15H2,1H3,(H,18,19). The van der Waals surface area contributed by atoms with E-state index in [1.165, 1.54) is 11.8 Å². The van der Waals surface area contributed by atoms with Crippen molar-refractivity contribution in [3.63, 3.8) is 0 Å². The molecule has 1 rings (SSSR count). The van der Waals surface area contributed by atoms with E-state index in [9.17, 15) is 9.59 Å². The second kappa shape index (κ2) is 8.60. The lowest BCUT2D eigenvalue weighted by atomic mass is 10.2. The maximum atomic E-state index is 12.0. The number of carbonyl (C=O) groups is 2. The van der Waals surface area contributed by atoms with Crippen LogP contribution in [0.4, 0.5) is 0 Å². The fourth-order valence-corrected chi connectivity index (χ4v) is 2.49. The molecule has 0 radical (unpaired) electrons. The van der Waals surface area contributed by atoms with Gasteiger partial charge in [0, 0.05) is 18.8 Å². The van der Waals surface area contributed by atoms with Gasteiger partial charge >= 0.3 is 5.97 Å². The third kappa shape index (κ3) is 5.63. The molecule has 6 heteroatoms. The number of thioether (sulfide) groups is 1. The Bertz CT molecular complexity index is 439. The number of benzene rings is 1. The van der Waals surface area contributed by atoms with E-state index in [0.29, 0.717) is 13.1 Å². The van der Waals surface area contributed by atoms with Gasteiger partial charge in [-0.15, -0.1) is 11.8 Å². The molecule has 20 heavy (non-hydrogen) atoms. The van der Waals surface area contributed by atoms with Crippen LogP contribution in [0.2, 0.25) is 0 Å². The fourth-order valence-electron chi connectivity index (χ4n) is 1.62. The van der Waals surface area contributed by atoms with Crippen LogP contribution in [0.25, 0.3) is 0 Å². The first kappa shape index (κ1) is 16.5. The Balaban J connectivity index is 2.41. The van der Waals surface area contributed by atoms with Gasteiger partial charge < -0.3 is 15.7 Å². The van der Waals surface area contributed by atoms with Crippen LogP contribution in [-0.2, 0) is 16.1 Å². The van der Waals surface area contributed by atoms with Gasteiger partial charge in [-0.05, 0) is 12.5 Å². The first-order chi connectivity index (χ1) is 9.54. The topological polar surface area (TPSA) is 83.6 Å². The summed E-state index contributed by atoms with van der Waals surface area (Å²) in [7, 11) is 0. The van der Waals surface area contributed by atoms with Crippen LogP contribution in [0.15, 0.2) is 30.3 Å². The number of hydrogen-bond donors (Lipinski definition) is 2. The zero-order chi connectivity index (χ0) is 15.0. The van der Waals surface area contributed by atoms with E-state index in [2.05, 4.69) is 0 Å². The molecule has 1 atom stereocenters. The Hall–Kier alpha value is -1.53. The number of nitrogens with zero attached hydrogens (tertiary/aromatic N) is 1. The van der Waals surface area contributed by atoms with Crippen molar-refractivity contribution in [2.75, 3.05) is 18.1 Å². The normalized spacial score (nSPS) is 11.9. The highest BCUT2D eigenvalue weighted by atomic mass is 32.2. The zero-order valence-corrected chi connectivity index (χ0v) is 12.3. The van der Waals surface area contributed by atoms with Crippen LogP contribution in [-0.4, -0.2) is 46.0 Å². The van der Waals surface area contributed by atoms with Crippen molar-refractivity contribution in [1.29, 1.82) is 0 Å². The van der Waals surface area contributed by atoms with Crippen LogP contribution in [0.5, 0.6) is 0 Å². The molecule has 0 spiro atoms. The van der Waals surface area contributed by atoms with Gasteiger partial charge in [-0.25, -0.2) is 0 Å². The van der Waals surface area contributed by atoms with Crippen molar-refractivity contribution >= 4 is 23.6 Å². The minimum atomic E-state index is -1.04. The monoisotopic (exact) mass is 296 g/mol. The molecule has 0 saturated heterocycles. The Morgan fingerprint density at radius 3 is 2.55 bits per heavy atom. The maximum Gasteiger partial charge on any atom is 0.321 e. The van der Waals surface area contributed by atoms with Gasteiger partial charge in [-0.2, -0.15) is 0 Å². The molecule has 1 aromatic carbocycles. The van der Waals surface area contributed by atoms with Crippen LogP contribution in [0.3, 0.4) is 0 Å². The van der Waals surface area contributed by atoms with Gasteiger partial charge in [0.25, 0.3) is 0 Å². The van der Waals surface area contributed by atoms with E-state index >= 15 is 0 Å². The molecular weight excluding hydrogens is 276 g/mol. The molecule has 3 N–H and O–H groups in total. The number of nitrogens with two attached hydrogens (primary N) is 1. The summed E-state index contributed by atoms with van der Waals surface area (Å²) in [4.78, 5) is 24.4. The van der Waals surface area contributed by atoms with Gasteiger partial charge in [0.2, 0.25) is 5.91 Å². The van der Waals surface area contributed by atoms with Crippen molar-refractivity contribution in [2.24, 2.45) is 5.73 Å². The van der Waals surface area contributed by atoms with E-state index < -0.39 is 12.0 Å². The van der Waals surface area contributed by atoms with Crippen LogP contribution in [0.1, 0.15) is 12.5 Å². The Morgan fingerprint density at radius 1 is 1.35 bits per heavy atom. The maximum absolute atomic E-state index is 12.0. The average molecular weight is 296 g/mol. The van der Waals surface area contributed by atoms with E-state index in [1.54, 1.807) is 4.90 Å². The molecule has 0 saturated carbocycles. The zero-order valence-electron chi connectivity index (χ0n) is 11.5. The van der Waals surface area contributed by atoms with Crippen molar-refractivity contribution in [3.05, 3.63) is 35.9 Å². The second-order valence-electron chi connectivity index (χ2n) is 4.35. The smallest absolute Gasteiger partial charge is 0.321 e. The molecule has 1 amide bonds. The number of aliphatic carboxylic acids is 1. The Morgan fingerprint density at radius 2 is 2.00 bits per heavy atom. The van der Waals surface area contributed by atoms with Gasteiger partial charge in [-0.3, -0.25) is 9.59 Å². The van der Waals surface area contributed by atoms with Crippen molar-refractivity contribution in [2.45, 2.75) is 19.5 Å². The van der Waals surface area contributed by atoms with E-state index in [0.717, 1.165) is 5.56 Å². The summed E-state index contributed by atoms with van der Waals surface area (Å²) in [6.07, 6.45) is 0. The summed E-state index contributed by atoms with van der Waals surface area (Å²) >= 11 is 1.26. The number of carboxylic acids is 1. The van der Waals surface area contributed by atoms with Crippen LogP contribution < -0.4 is 5.73 Å². The minimum Gasteiger partial charge on any atom is -0.480 e. The molecule has 0 aliphatic carbocycles. The first-order valence-electron chi connectivity index (χ1n) is 6.42. The SMILES string of the molecule is CCN(Cc1ccccc1)C(=O)CSCC(N)C(=O)O. The molecule has 1 aromatic rings. The van der Waals surface area contributed by atoms with E-state index in [1.807, 2.05) is 37.3 Å². The lowest BCUT2D eigenvalue weighted by Crippen LogP contribution is -2.35. The highest BCUT2D eigenvalue weighted by Crippen LogP contribution is 2.08. The first-order valence-corrected chi connectivity index (χ1v) is 7.58. The van der Waals surface area contributed by atoms with Crippen molar-refractivity contribution in [3.8, 4) is 0 Å². The molecular formula is C14H20N2O3S. The number of carboxylic acid groups (broad SMARTS) is 1. The van der Waals surface area contributed by atoms with E-state index in [-0.39, 0.29) is 17.4 Å². The molecule has 0 aliphatic heterocycles. The minimum absolute atomic E-state index is 0.000980.